The fraction of sp³-hybridized carbons (Fsp3) is 0.778. The molecule has 0 atom stereocenters. The summed E-state index contributed by atoms with van der Waals surface area (Å²) in [6.07, 6.45) is 2.05. The van der Waals surface area contributed by atoms with Gasteiger partial charge in [-0.3, -0.25) is 4.79 Å². The van der Waals surface area contributed by atoms with Gasteiger partial charge in [-0.15, -0.1) is 0 Å². The highest BCUT2D eigenvalue weighted by molar-refractivity contribution is 6.60. The van der Waals surface area contributed by atoms with Crippen LogP contribution < -0.4 is 0 Å². The van der Waals surface area contributed by atoms with Crippen molar-refractivity contribution in [3.63, 3.8) is 0 Å². The van der Waals surface area contributed by atoms with Crippen LogP contribution in [0.4, 0.5) is 0 Å². The van der Waals surface area contributed by atoms with Crippen molar-refractivity contribution in [3.05, 3.63) is 6.42 Å². The Balaban J connectivity index is 3.76. The zero-order chi connectivity index (χ0) is 11.7. The fourth-order valence-electron chi connectivity index (χ4n) is 1.10. The molecular formula is C9H19O5Si. The predicted molar refractivity (Wildman–Crippen MR) is 57.1 cm³/mol. The van der Waals surface area contributed by atoms with E-state index in [9.17, 15) is 4.79 Å². The molecule has 0 fully saturated rings. The first-order valence-electron chi connectivity index (χ1n) is 4.75. The summed E-state index contributed by atoms with van der Waals surface area (Å²) in [6, 6.07) is 0.632. The number of hydrogen-bond donors (Lipinski definition) is 0. The SMILES string of the molecule is C[CH]C(=O)OCCC[Si](OC)(OC)OC. The first kappa shape index (κ1) is 14.6. The molecule has 0 unspecified atom stereocenters. The van der Waals surface area contributed by atoms with Crippen LogP contribution in [0.2, 0.25) is 6.04 Å². The second-order valence-corrected chi connectivity index (χ2v) is 5.95. The van der Waals surface area contributed by atoms with E-state index in [-0.39, 0.29) is 5.97 Å². The first-order valence-corrected chi connectivity index (χ1v) is 6.69. The van der Waals surface area contributed by atoms with E-state index < -0.39 is 8.80 Å². The van der Waals surface area contributed by atoms with Gasteiger partial charge in [-0.05, 0) is 6.42 Å². The molecule has 5 nitrogen and oxygen atoms in total. The van der Waals surface area contributed by atoms with Crippen molar-refractivity contribution in [2.24, 2.45) is 0 Å². The van der Waals surface area contributed by atoms with E-state index in [0.717, 1.165) is 0 Å². The highest BCUT2D eigenvalue weighted by Crippen LogP contribution is 2.14. The second-order valence-electron chi connectivity index (χ2n) is 2.86. The van der Waals surface area contributed by atoms with Crippen molar-refractivity contribution in [1.82, 2.24) is 0 Å². The van der Waals surface area contributed by atoms with E-state index in [1.54, 1.807) is 28.3 Å². The van der Waals surface area contributed by atoms with Gasteiger partial charge >= 0.3 is 14.8 Å². The zero-order valence-electron chi connectivity index (χ0n) is 9.74. The van der Waals surface area contributed by atoms with Crippen LogP contribution in [0.15, 0.2) is 0 Å². The Hall–Kier alpha value is -0.433. The molecule has 0 aromatic carbocycles. The Kier molecular flexibility index (Phi) is 7.58. The molecule has 89 valence electrons. The maximum absolute atomic E-state index is 10.8. The number of carbonyl (C=O) groups is 1. The van der Waals surface area contributed by atoms with Gasteiger partial charge in [-0.2, -0.15) is 0 Å². The van der Waals surface area contributed by atoms with Gasteiger partial charge in [0.25, 0.3) is 0 Å². The van der Waals surface area contributed by atoms with Crippen LogP contribution in [0.3, 0.4) is 0 Å². The van der Waals surface area contributed by atoms with Crippen molar-refractivity contribution in [2.75, 3.05) is 27.9 Å². The van der Waals surface area contributed by atoms with Crippen LogP contribution in [0.1, 0.15) is 13.3 Å². The number of esters is 1. The Morgan fingerprint density at radius 2 is 1.73 bits per heavy atom. The lowest BCUT2D eigenvalue weighted by Crippen LogP contribution is -2.42. The molecule has 0 aromatic rings. The molecule has 6 heteroatoms. The van der Waals surface area contributed by atoms with Crippen LogP contribution in [0.25, 0.3) is 0 Å². The van der Waals surface area contributed by atoms with Gasteiger partial charge < -0.3 is 18.0 Å². The maximum atomic E-state index is 10.8. The van der Waals surface area contributed by atoms with Gasteiger partial charge in [-0.1, -0.05) is 6.92 Å². The van der Waals surface area contributed by atoms with Gasteiger partial charge in [-0.25, -0.2) is 0 Å². The lowest BCUT2D eigenvalue weighted by molar-refractivity contribution is -0.139. The van der Waals surface area contributed by atoms with E-state index in [1.165, 1.54) is 6.42 Å². The van der Waals surface area contributed by atoms with Gasteiger partial charge in [0.15, 0.2) is 0 Å². The molecule has 1 radical (unpaired) electrons. The van der Waals surface area contributed by atoms with Crippen molar-refractivity contribution < 1.29 is 22.8 Å². The Bertz CT molecular complexity index is 173. The van der Waals surface area contributed by atoms with E-state index in [2.05, 4.69) is 0 Å². The van der Waals surface area contributed by atoms with Crippen LogP contribution in [-0.4, -0.2) is 42.7 Å². The summed E-state index contributed by atoms with van der Waals surface area (Å²) in [6.45, 7) is 1.99. The topological polar surface area (TPSA) is 54.0 Å². The smallest absolute Gasteiger partial charge is 0.465 e. The summed E-state index contributed by atoms with van der Waals surface area (Å²) in [4.78, 5) is 10.8. The molecule has 0 saturated heterocycles. The molecule has 0 aliphatic heterocycles. The number of ether oxygens (including phenoxy) is 1. The maximum Gasteiger partial charge on any atom is 0.500 e. The average Bonchev–Trinajstić information content (AvgIpc) is 2.30. The quantitative estimate of drug-likeness (QED) is 0.357. The molecule has 0 bridgehead atoms. The monoisotopic (exact) mass is 235 g/mol. The summed E-state index contributed by atoms with van der Waals surface area (Å²) in [7, 11) is 2.18. The second kappa shape index (κ2) is 7.81. The molecule has 0 heterocycles. The van der Waals surface area contributed by atoms with Crippen molar-refractivity contribution in [2.45, 2.75) is 19.4 Å². The fourth-order valence-corrected chi connectivity index (χ4v) is 2.79. The predicted octanol–water partition coefficient (Wildman–Crippen LogP) is 1.02. The van der Waals surface area contributed by atoms with E-state index in [4.69, 9.17) is 18.0 Å². The summed E-state index contributed by atoms with van der Waals surface area (Å²) >= 11 is 0. The van der Waals surface area contributed by atoms with Crippen molar-refractivity contribution in [3.8, 4) is 0 Å². The molecule has 0 aliphatic carbocycles. The van der Waals surface area contributed by atoms with E-state index in [0.29, 0.717) is 19.1 Å². The summed E-state index contributed by atoms with van der Waals surface area (Å²) < 4.78 is 20.5. The van der Waals surface area contributed by atoms with E-state index >= 15 is 0 Å². The highest BCUT2D eigenvalue weighted by Gasteiger charge is 2.36. The van der Waals surface area contributed by atoms with Crippen LogP contribution in [0, 0.1) is 6.42 Å². The van der Waals surface area contributed by atoms with E-state index in [1.807, 2.05) is 0 Å². The highest BCUT2D eigenvalue weighted by atomic mass is 28.4. The average molecular weight is 235 g/mol. The van der Waals surface area contributed by atoms with Gasteiger partial charge in [0.1, 0.15) is 0 Å². The molecule has 0 amide bonds. The molecule has 0 spiro atoms. The molecule has 0 aromatic heterocycles. The molecule has 0 rings (SSSR count). The lowest BCUT2D eigenvalue weighted by atomic mass is 10.5. The summed E-state index contributed by atoms with van der Waals surface area (Å²) in [5, 5.41) is 0. The lowest BCUT2D eigenvalue weighted by Gasteiger charge is -2.23. The Labute approximate surface area is 92.0 Å². The van der Waals surface area contributed by atoms with Gasteiger partial charge in [0.2, 0.25) is 0 Å². The number of hydrogen-bond acceptors (Lipinski definition) is 5. The van der Waals surface area contributed by atoms with Crippen molar-refractivity contribution in [1.29, 1.82) is 0 Å². The Morgan fingerprint density at radius 1 is 1.20 bits per heavy atom. The number of carbonyl (C=O) groups excluding carboxylic acids is 1. The minimum Gasteiger partial charge on any atom is -0.465 e. The molecular weight excluding hydrogens is 216 g/mol. The molecule has 0 N–H and O–H groups in total. The largest absolute Gasteiger partial charge is 0.500 e. The molecule has 0 aliphatic rings. The standard InChI is InChI=1S/C9H19O5Si/c1-5-9(10)14-7-6-8-15(11-2,12-3)13-4/h5H,6-8H2,1-4H3. The van der Waals surface area contributed by atoms with Gasteiger partial charge in [0, 0.05) is 27.4 Å². The third-order valence-corrected chi connectivity index (χ3v) is 4.87. The van der Waals surface area contributed by atoms with Gasteiger partial charge in [0.05, 0.1) is 13.0 Å². The third-order valence-electron chi connectivity index (χ3n) is 2.04. The van der Waals surface area contributed by atoms with Crippen molar-refractivity contribution >= 4 is 14.8 Å². The van der Waals surface area contributed by atoms with Crippen LogP contribution in [-0.2, 0) is 22.8 Å². The minimum absolute atomic E-state index is 0.311. The third kappa shape index (κ3) is 5.27. The normalized spacial score (nSPS) is 11.5. The minimum atomic E-state index is -2.50. The molecule has 15 heavy (non-hydrogen) atoms. The first-order chi connectivity index (χ1) is 7.14. The zero-order valence-corrected chi connectivity index (χ0v) is 10.7. The van der Waals surface area contributed by atoms with Crippen LogP contribution in [0.5, 0.6) is 0 Å². The number of rotatable bonds is 8. The summed E-state index contributed by atoms with van der Waals surface area (Å²) in [5.74, 6) is -0.311. The summed E-state index contributed by atoms with van der Waals surface area (Å²) in [5.41, 5.74) is 0. The van der Waals surface area contributed by atoms with Crippen LogP contribution >= 0.6 is 0 Å². The Morgan fingerprint density at radius 3 is 2.13 bits per heavy atom. The molecule has 0 saturated carbocycles.